The van der Waals surface area contributed by atoms with Crippen LogP contribution in [0, 0.1) is 13.8 Å². The second-order valence-electron chi connectivity index (χ2n) is 6.97. The molecule has 0 N–H and O–H groups in total. The summed E-state index contributed by atoms with van der Waals surface area (Å²) < 4.78 is 0. The Morgan fingerprint density at radius 3 is 1.54 bits per heavy atom. The zero-order valence-corrected chi connectivity index (χ0v) is 15.0. The first-order valence-corrected chi connectivity index (χ1v) is 9.93. The molecule has 3 aliphatic rings. The average Bonchev–Trinajstić information content (AvgIpc) is 2.55. The lowest BCUT2D eigenvalue weighted by molar-refractivity contribution is 0.106. The monoisotopic (exact) mass is 352 g/mol. The third-order valence-corrected chi connectivity index (χ3v) is 8.24. The minimum Gasteiger partial charge on any atom is -0.282 e. The number of hydrogen-bond donors (Lipinski definition) is 0. The Kier molecular flexibility index (Phi) is 3.08. The Balaban J connectivity index is 1.67. The lowest BCUT2D eigenvalue weighted by atomic mass is 9.63. The highest BCUT2D eigenvalue weighted by atomic mass is 32.2. The Bertz CT molecular complexity index is 842. The van der Waals surface area contributed by atoms with Crippen molar-refractivity contribution in [2.75, 3.05) is 0 Å². The van der Waals surface area contributed by atoms with Gasteiger partial charge in [-0.05, 0) is 37.1 Å². The summed E-state index contributed by atoms with van der Waals surface area (Å²) in [4.78, 5) is 25.1. The maximum absolute atomic E-state index is 12.5. The van der Waals surface area contributed by atoms with Crippen molar-refractivity contribution in [3.63, 3.8) is 0 Å². The molecule has 5 rings (SSSR count). The van der Waals surface area contributed by atoms with E-state index < -0.39 is 0 Å². The zero-order valence-electron chi connectivity index (χ0n) is 13.4. The van der Waals surface area contributed by atoms with Gasteiger partial charge in [0.2, 0.25) is 10.2 Å². The number of carbonyl (C=O) groups is 2. The van der Waals surface area contributed by atoms with Crippen molar-refractivity contribution in [2.45, 2.75) is 36.2 Å². The summed E-state index contributed by atoms with van der Waals surface area (Å²) in [5.74, 6) is 0.686. The Morgan fingerprint density at radius 2 is 1.12 bits per heavy atom. The second-order valence-corrected chi connectivity index (χ2v) is 9.27. The van der Waals surface area contributed by atoms with Crippen LogP contribution in [0.4, 0.5) is 0 Å². The lowest BCUT2D eigenvalue weighted by Crippen LogP contribution is -2.53. The van der Waals surface area contributed by atoms with Crippen LogP contribution in [-0.2, 0) is 0 Å². The molecule has 4 atom stereocenters. The molecule has 2 aromatic carbocycles. The van der Waals surface area contributed by atoms with Gasteiger partial charge in [-0.2, -0.15) is 0 Å². The molecule has 0 bridgehead atoms. The molecule has 1 fully saturated rings. The summed E-state index contributed by atoms with van der Waals surface area (Å²) >= 11 is 2.88. The fraction of sp³-hybridized carbons (Fsp3) is 0.300. The van der Waals surface area contributed by atoms with E-state index in [0.29, 0.717) is 11.8 Å². The number of fused-ring (bicyclic) bond motifs is 8. The van der Waals surface area contributed by atoms with Gasteiger partial charge in [0.05, 0.1) is 0 Å². The molecule has 2 heterocycles. The molecule has 0 amide bonds. The summed E-state index contributed by atoms with van der Waals surface area (Å²) in [7, 11) is 0. The molecule has 0 unspecified atom stereocenters. The second kappa shape index (κ2) is 4.99. The number of benzene rings is 2. The maximum Gasteiger partial charge on any atom is 0.219 e. The number of hydrogen-bond acceptors (Lipinski definition) is 4. The van der Waals surface area contributed by atoms with Crippen molar-refractivity contribution in [2.24, 2.45) is 0 Å². The summed E-state index contributed by atoms with van der Waals surface area (Å²) in [6.45, 7) is 4.06. The van der Waals surface area contributed by atoms with Crippen LogP contribution in [0.25, 0.3) is 0 Å². The Hall–Kier alpha value is -1.52. The van der Waals surface area contributed by atoms with E-state index in [1.54, 1.807) is 0 Å². The van der Waals surface area contributed by atoms with Crippen LogP contribution < -0.4 is 0 Å². The fourth-order valence-corrected chi connectivity index (χ4v) is 7.31. The van der Waals surface area contributed by atoms with Gasteiger partial charge in [-0.15, -0.1) is 0 Å². The molecule has 0 spiro atoms. The van der Waals surface area contributed by atoms with E-state index in [9.17, 15) is 9.59 Å². The van der Waals surface area contributed by atoms with Crippen LogP contribution in [0.1, 0.15) is 54.8 Å². The van der Waals surface area contributed by atoms with E-state index in [0.717, 1.165) is 22.3 Å². The van der Waals surface area contributed by atoms with Gasteiger partial charge in [0.15, 0.2) is 0 Å². The van der Waals surface area contributed by atoms with E-state index in [2.05, 4.69) is 24.3 Å². The van der Waals surface area contributed by atoms with E-state index in [4.69, 9.17) is 0 Å². The van der Waals surface area contributed by atoms with E-state index in [1.807, 2.05) is 26.0 Å². The molecular formula is C20H16O2S2. The van der Waals surface area contributed by atoms with E-state index in [-0.39, 0.29) is 20.7 Å². The van der Waals surface area contributed by atoms with Crippen molar-refractivity contribution in [1.29, 1.82) is 0 Å². The summed E-state index contributed by atoms with van der Waals surface area (Å²) in [6.07, 6.45) is 0. The van der Waals surface area contributed by atoms with Crippen molar-refractivity contribution < 1.29 is 9.59 Å². The SMILES string of the molecule is Cc1ccc2c(c1)C(=O)S[C@@H]1[C@@H]3SC(=O)c4cc(C)ccc4[C@@H]3[C@H]21. The molecule has 0 radical (unpaired) electrons. The van der Waals surface area contributed by atoms with Crippen LogP contribution in [0.3, 0.4) is 0 Å². The Labute approximate surface area is 149 Å². The zero-order chi connectivity index (χ0) is 16.6. The lowest BCUT2D eigenvalue weighted by Gasteiger charge is -2.55. The van der Waals surface area contributed by atoms with Crippen LogP contribution >= 0.6 is 23.5 Å². The van der Waals surface area contributed by atoms with Gasteiger partial charge in [-0.3, -0.25) is 9.59 Å². The van der Waals surface area contributed by atoms with E-state index in [1.165, 1.54) is 34.7 Å². The van der Waals surface area contributed by atoms with Crippen LogP contribution in [0.2, 0.25) is 0 Å². The molecular weight excluding hydrogens is 336 g/mol. The molecule has 0 saturated heterocycles. The van der Waals surface area contributed by atoms with Crippen molar-refractivity contribution >= 4 is 33.8 Å². The molecule has 4 heteroatoms. The normalized spacial score (nSPS) is 29.9. The maximum atomic E-state index is 12.5. The first-order chi connectivity index (χ1) is 11.5. The Morgan fingerprint density at radius 1 is 0.708 bits per heavy atom. The van der Waals surface area contributed by atoms with Crippen LogP contribution in [0.5, 0.6) is 0 Å². The molecule has 2 nitrogen and oxygen atoms in total. The van der Waals surface area contributed by atoms with Crippen molar-refractivity contribution in [3.05, 3.63) is 69.8 Å². The van der Waals surface area contributed by atoms with Crippen LogP contribution in [-0.4, -0.2) is 20.7 Å². The largest absolute Gasteiger partial charge is 0.282 e. The molecule has 1 saturated carbocycles. The first-order valence-electron chi connectivity index (χ1n) is 8.17. The highest BCUT2D eigenvalue weighted by Gasteiger charge is 2.59. The summed E-state index contributed by atoms with van der Waals surface area (Å²) in [6, 6.07) is 12.5. The van der Waals surface area contributed by atoms with Gasteiger partial charge in [0.25, 0.3) is 0 Å². The first kappa shape index (κ1) is 14.8. The van der Waals surface area contributed by atoms with Crippen LogP contribution in [0.15, 0.2) is 36.4 Å². The molecule has 120 valence electrons. The topological polar surface area (TPSA) is 34.1 Å². The van der Waals surface area contributed by atoms with Crippen molar-refractivity contribution in [1.82, 2.24) is 0 Å². The smallest absolute Gasteiger partial charge is 0.219 e. The minimum absolute atomic E-state index is 0.163. The van der Waals surface area contributed by atoms with Gasteiger partial charge in [0.1, 0.15) is 0 Å². The number of rotatable bonds is 0. The third-order valence-electron chi connectivity index (χ3n) is 5.48. The third kappa shape index (κ3) is 1.87. The van der Waals surface area contributed by atoms with Gasteiger partial charge in [0, 0.05) is 33.5 Å². The quantitative estimate of drug-likeness (QED) is 0.688. The van der Waals surface area contributed by atoms with E-state index >= 15 is 0 Å². The molecule has 1 aliphatic carbocycles. The standard InChI is InChI=1S/C20H16O2S2/c1-9-3-5-11-13(7-9)19(21)23-17-15(11)16-12-6-4-10(2)8-14(12)20(22)24-18(16)17/h3-8,15-18H,1-2H3/t15-,16+,17-,18+. The highest BCUT2D eigenvalue weighted by Crippen LogP contribution is 2.64. The molecule has 2 aromatic rings. The number of thioether (sulfide) groups is 2. The molecule has 24 heavy (non-hydrogen) atoms. The minimum atomic E-state index is 0.163. The molecule has 0 aromatic heterocycles. The fourth-order valence-electron chi connectivity index (χ4n) is 4.34. The summed E-state index contributed by atoms with van der Waals surface area (Å²) in [5, 5.41) is 0.773. The predicted octanol–water partition coefficient (Wildman–Crippen LogP) is 4.70. The highest BCUT2D eigenvalue weighted by molar-refractivity contribution is 8.18. The number of carbonyl (C=O) groups excluding carboxylic acids is 2. The van der Waals surface area contributed by atoms with Crippen molar-refractivity contribution in [3.8, 4) is 0 Å². The van der Waals surface area contributed by atoms with Gasteiger partial charge < -0.3 is 0 Å². The van der Waals surface area contributed by atoms with Gasteiger partial charge >= 0.3 is 0 Å². The van der Waals surface area contributed by atoms with Gasteiger partial charge in [-0.1, -0.05) is 58.9 Å². The number of aryl methyl sites for hydroxylation is 2. The predicted molar refractivity (Wildman–Crippen MR) is 99.3 cm³/mol. The molecule has 2 aliphatic heterocycles. The summed E-state index contributed by atoms with van der Waals surface area (Å²) in [5.41, 5.74) is 6.35. The van der Waals surface area contributed by atoms with Gasteiger partial charge in [-0.25, -0.2) is 0 Å². The average molecular weight is 352 g/mol.